The van der Waals surface area contributed by atoms with E-state index in [0.29, 0.717) is 13.0 Å². The first-order valence-electron chi connectivity index (χ1n) is 11.2. The summed E-state index contributed by atoms with van der Waals surface area (Å²) in [6, 6.07) is 10.0. The van der Waals surface area contributed by atoms with Gasteiger partial charge in [-0.3, -0.25) is 4.79 Å². The molecule has 0 saturated carbocycles. The van der Waals surface area contributed by atoms with Crippen LogP contribution in [0.1, 0.15) is 52.5 Å². The molecule has 1 aliphatic rings. The molecule has 0 radical (unpaired) electrons. The van der Waals surface area contributed by atoms with E-state index in [1.807, 2.05) is 50.3 Å². The highest BCUT2D eigenvalue weighted by Crippen LogP contribution is 2.35. The zero-order valence-electron chi connectivity index (χ0n) is 19.6. The molecular formula is C25H37O5PS. The van der Waals surface area contributed by atoms with E-state index in [9.17, 15) is 4.79 Å². The number of allylic oxidation sites excluding steroid dienone is 2. The summed E-state index contributed by atoms with van der Waals surface area (Å²) >= 11 is 1.31. The fourth-order valence-corrected chi connectivity index (χ4v) is 4.21. The third-order valence-corrected chi connectivity index (χ3v) is 6.45. The molecule has 178 valence electrons. The first-order valence-corrected chi connectivity index (χ1v) is 12.6. The third kappa shape index (κ3) is 9.36. The lowest BCUT2D eigenvalue weighted by atomic mass is 9.87. The largest absolute Gasteiger partial charge is 0.494 e. The van der Waals surface area contributed by atoms with E-state index in [1.54, 1.807) is 6.08 Å². The second-order valence-electron chi connectivity index (χ2n) is 8.43. The van der Waals surface area contributed by atoms with Gasteiger partial charge < -0.3 is 18.7 Å². The summed E-state index contributed by atoms with van der Waals surface area (Å²) in [6.07, 6.45) is 8.06. The molecule has 5 nitrogen and oxygen atoms in total. The van der Waals surface area contributed by atoms with Gasteiger partial charge in [0.15, 0.2) is 0 Å². The van der Waals surface area contributed by atoms with Crippen molar-refractivity contribution >= 4 is 26.3 Å². The number of ether oxygens (including phenoxy) is 3. The summed E-state index contributed by atoms with van der Waals surface area (Å²) in [5.41, 5.74) is 0.775. The lowest BCUT2D eigenvalue weighted by Gasteiger charge is -2.34. The summed E-state index contributed by atoms with van der Waals surface area (Å²) in [7, 11) is 2.35. The van der Waals surface area contributed by atoms with Crippen LogP contribution in [-0.4, -0.2) is 36.0 Å². The molecule has 2 rings (SSSR count). The fraction of sp³-hybridized carbons (Fsp3) is 0.560. The Morgan fingerprint density at radius 1 is 1.34 bits per heavy atom. The molecule has 1 aliphatic heterocycles. The maximum atomic E-state index is 11.9. The maximum Gasteiger partial charge on any atom is 0.211 e. The smallest absolute Gasteiger partial charge is 0.211 e. The van der Waals surface area contributed by atoms with Crippen molar-refractivity contribution in [3.63, 3.8) is 0 Å². The number of hydrogen-bond donors (Lipinski definition) is 0. The predicted molar refractivity (Wildman–Crippen MR) is 134 cm³/mol. The Morgan fingerprint density at radius 3 is 2.78 bits per heavy atom. The van der Waals surface area contributed by atoms with Gasteiger partial charge in [0.1, 0.15) is 18.7 Å². The second kappa shape index (κ2) is 14.2. The minimum Gasteiger partial charge on any atom is -0.494 e. The summed E-state index contributed by atoms with van der Waals surface area (Å²) in [5.74, 6) is 1.68. The summed E-state index contributed by atoms with van der Waals surface area (Å²) in [6.45, 7) is 8.83. The van der Waals surface area contributed by atoms with Crippen LogP contribution in [0.3, 0.4) is 0 Å². The van der Waals surface area contributed by atoms with Gasteiger partial charge in [-0.2, -0.15) is 0 Å². The molecular weight excluding hydrogens is 443 g/mol. The lowest BCUT2D eigenvalue weighted by Crippen LogP contribution is -2.34. The zero-order chi connectivity index (χ0) is 23.4. The van der Waals surface area contributed by atoms with Crippen LogP contribution in [0.5, 0.6) is 0 Å². The minimum atomic E-state index is -0.340. The summed E-state index contributed by atoms with van der Waals surface area (Å²) < 4.78 is 23.5. The molecule has 32 heavy (non-hydrogen) atoms. The van der Waals surface area contributed by atoms with E-state index in [4.69, 9.17) is 18.7 Å². The molecule has 0 aliphatic carbocycles. The van der Waals surface area contributed by atoms with Gasteiger partial charge in [0.2, 0.25) is 5.12 Å². The molecule has 1 aromatic rings. The van der Waals surface area contributed by atoms with Gasteiger partial charge in [-0.15, -0.1) is 0 Å². The third-order valence-electron chi connectivity index (χ3n) is 5.39. The molecule has 1 heterocycles. The first-order chi connectivity index (χ1) is 15.4. The van der Waals surface area contributed by atoms with E-state index in [0.717, 1.165) is 29.9 Å². The Morgan fingerprint density at radius 2 is 2.09 bits per heavy atom. The minimum absolute atomic E-state index is 0.0326. The Labute approximate surface area is 199 Å². The van der Waals surface area contributed by atoms with Crippen LogP contribution < -0.4 is 0 Å². The summed E-state index contributed by atoms with van der Waals surface area (Å²) in [5, 5.41) is 0.0745. The van der Waals surface area contributed by atoms with Gasteiger partial charge in [-0.1, -0.05) is 55.1 Å². The van der Waals surface area contributed by atoms with E-state index in [-0.39, 0.29) is 35.6 Å². The maximum absolute atomic E-state index is 11.9. The first kappa shape index (κ1) is 27.1. The monoisotopic (exact) mass is 480 g/mol. The van der Waals surface area contributed by atoms with Crippen molar-refractivity contribution in [3.05, 3.63) is 59.9 Å². The van der Waals surface area contributed by atoms with Crippen LogP contribution in [0.2, 0.25) is 0 Å². The van der Waals surface area contributed by atoms with E-state index < -0.39 is 0 Å². The van der Waals surface area contributed by atoms with Crippen LogP contribution in [0.15, 0.2) is 54.3 Å². The molecule has 0 bridgehead atoms. The highest BCUT2D eigenvalue weighted by atomic mass is 32.2. The molecule has 1 unspecified atom stereocenters. The van der Waals surface area contributed by atoms with Crippen molar-refractivity contribution in [2.24, 2.45) is 5.41 Å². The SMILES string of the molecule is CCSC(=O)/C=C/C(C)(C)C1=CCC[C@@H](C[C@@H](OP)[C@@H](C)OCOCc2ccccc2)O1. The Balaban J connectivity index is 1.82. The molecule has 0 saturated heterocycles. The van der Waals surface area contributed by atoms with Crippen molar-refractivity contribution in [1.29, 1.82) is 0 Å². The van der Waals surface area contributed by atoms with Gasteiger partial charge in [0.25, 0.3) is 0 Å². The van der Waals surface area contributed by atoms with Crippen LogP contribution >= 0.6 is 21.2 Å². The van der Waals surface area contributed by atoms with Crippen LogP contribution in [-0.2, 0) is 30.1 Å². The average Bonchev–Trinajstić information content (AvgIpc) is 2.80. The molecule has 0 aromatic heterocycles. The fourth-order valence-electron chi connectivity index (χ4n) is 3.43. The van der Waals surface area contributed by atoms with Gasteiger partial charge in [0, 0.05) is 21.3 Å². The highest BCUT2D eigenvalue weighted by molar-refractivity contribution is 8.14. The molecule has 0 amide bonds. The van der Waals surface area contributed by atoms with Gasteiger partial charge >= 0.3 is 0 Å². The Bertz CT molecular complexity index is 750. The van der Waals surface area contributed by atoms with Crippen LogP contribution in [0, 0.1) is 5.41 Å². The predicted octanol–water partition coefficient (Wildman–Crippen LogP) is 6.06. The summed E-state index contributed by atoms with van der Waals surface area (Å²) in [4.78, 5) is 11.9. The second-order valence-corrected chi connectivity index (χ2v) is 9.97. The van der Waals surface area contributed by atoms with E-state index in [2.05, 4.69) is 29.4 Å². The number of hydrogen-bond acceptors (Lipinski definition) is 6. The number of carbonyl (C=O) groups is 1. The Kier molecular flexibility index (Phi) is 12.0. The number of benzene rings is 1. The van der Waals surface area contributed by atoms with Gasteiger partial charge in [-0.05, 0) is 57.1 Å². The number of rotatable bonds is 13. The molecule has 7 heteroatoms. The quantitative estimate of drug-likeness (QED) is 0.148. The molecule has 0 fully saturated rings. The van der Waals surface area contributed by atoms with E-state index in [1.165, 1.54) is 11.8 Å². The molecule has 0 spiro atoms. The lowest BCUT2D eigenvalue weighted by molar-refractivity contribution is -0.122. The number of carbonyl (C=O) groups excluding carboxylic acids is 1. The zero-order valence-corrected chi connectivity index (χ0v) is 21.6. The van der Waals surface area contributed by atoms with Crippen molar-refractivity contribution < 1.29 is 23.5 Å². The van der Waals surface area contributed by atoms with Crippen LogP contribution in [0.4, 0.5) is 0 Å². The van der Waals surface area contributed by atoms with Crippen molar-refractivity contribution in [2.75, 3.05) is 12.5 Å². The van der Waals surface area contributed by atoms with Crippen molar-refractivity contribution in [3.8, 4) is 0 Å². The average molecular weight is 481 g/mol. The molecule has 1 aromatic carbocycles. The molecule has 4 atom stereocenters. The molecule has 0 N–H and O–H groups in total. The van der Waals surface area contributed by atoms with Crippen molar-refractivity contribution in [1.82, 2.24) is 0 Å². The van der Waals surface area contributed by atoms with Gasteiger partial charge in [0.05, 0.1) is 18.8 Å². The van der Waals surface area contributed by atoms with Crippen molar-refractivity contribution in [2.45, 2.75) is 71.9 Å². The highest BCUT2D eigenvalue weighted by Gasteiger charge is 2.30. The normalized spacial score (nSPS) is 18.8. The topological polar surface area (TPSA) is 54.0 Å². The van der Waals surface area contributed by atoms with E-state index >= 15 is 0 Å². The standard InChI is InChI=1S/C25H37O5PS/c1-5-32-24(26)14-15-25(3,4)23-13-9-12-21(29-23)16-22(30-31)19(2)28-18-27-17-20-10-7-6-8-11-20/h6-8,10-11,13-15,19,21-22H,5,9,12,16-18,31H2,1-4H3/b15-14+/t19-,21+,22-/m1/s1. The van der Waals surface area contributed by atoms with Gasteiger partial charge in [-0.25, -0.2) is 0 Å². The van der Waals surface area contributed by atoms with Crippen LogP contribution in [0.25, 0.3) is 0 Å². The number of thioether (sulfide) groups is 1. The Hall–Kier alpha value is -1.17.